The van der Waals surface area contributed by atoms with Crippen LogP contribution in [0.4, 0.5) is 0 Å². The van der Waals surface area contributed by atoms with Crippen LogP contribution in [0, 0.1) is 6.92 Å². The summed E-state index contributed by atoms with van der Waals surface area (Å²) in [5.41, 5.74) is 4.45. The van der Waals surface area contributed by atoms with Gasteiger partial charge in [0.1, 0.15) is 5.52 Å². The summed E-state index contributed by atoms with van der Waals surface area (Å²) in [6, 6.07) is 7.66. The molecular formula is C17H20N6O. The standard InChI is InChI=1S/C17H20N6O/c1-11-8-14(19-18-11)13-4-3-7-23(10-13)17(24)12-5-6-16-15(9-12)20-21-22(16)2/h5-6,8-9,13H,3-4,7,10H2,1-2H3,(H,18,19)/t13-/m0/s1. The van der Waals surface area contributed by atoms with Crippen molar-refractivity contribution in [1.82, 2.24) is 30.1 Å². The maximum Gasteiger partial charge on any atom is 0.253 e. The SMILES string of the molecule is Cc1cc([C@H]2CCCN(C(=O)c3ccc4c(c3)nnn4C)C2)n[nH]1. The maximum atomic E-state index is 12.9. The zero-order chi connectivity index (χ0) is 16.7. The predicted octanol–water partition coefficient (Wildman–Crippen LogP) is 2.02. The molecule has 2 aromatic heterocycles. The minimum atomic E-state index is 0.0551. The van der Waals surface area contributed by atoms with Crippen LogP contribution in [0.3, 0.4) is 0 Å². The molecule has 0 saturated carbocycles. The second-order valence-electron chi connectivity index (χ2n) is 6.48. The Morgan fingerprint density at radius 2 is 2.21 bits per heavy atom. The second kappa shape index (κ2) is 5.74. The molecule has 1 N–H and O–H groups in total. The average Bonchev–Trinajstić information content (AvgIpc) is 3.20. The van der Waals surface area contributed by atoms with Crippen molar-refractivity contribution in [3.05, 3.63) is 41.2 Å². The molecule has 0 bridgehead atoms. The van der Waals surface area contributed by atoms with Crippen molar-refractivity contribution in [3.63, 3.8) is 0 Å². The number of nitrogens with one attached hydrogen (secondary N) is 1. The molecular weight excluding hydrogens is 304 g/mol. The van der Waals surface area contributed by atoms with Gasteiger partial charge in [-0.1, -0.05) is 5.21 Å². The lowest BCUT2D eigenvalue weighted by Gasteiger charge is -2.32. The number of H-pyrrole nitrogens is 1. The summed E-state index contributed by atoms with van der Waals surface area (Å²) in [4.78, 5) is 14.8. The molecule has 1 amide bonds. The first-order valence-electron chi connectivity index (χ1n) is 8.22. The number of rotatable bonds is 2. The number of aromatic amines is 1. The van der Waals surface area contributed by atoms with Gasteiger partial charge in [-0.15, -0.1) is 5.10 Å². The van der Waals surface area contributed by atoms with E-state index in [1.165, 1.54) is 0 Å². The molecule has 1 aromatic carbocycles. The molecule has 1 saturated heterocycles. The van der Waals surface area contributed by atoms with E-state index in [1.807, 2.05) is 37.1 Å². The molecule has 1 fully saturated rings. The van der Waals surface area contributed by atoms with E-state index >= 15 is 0 Å². The van der Waals surface area contributed by atoms with E-state index in [0.29, 0.717) is 18.0 Å². The van der Waals surface area contributed by atoms with Gasteiger partial charge in [-0.25, -0.2) is 4.68 Å². The zero-order valence-corrected chi connectivity index (χ0v) is 13.9. The number of carbonyl (C=O) groups is 1. The first kappa shape index (κ1) is 14.9. The Morgan fingerprint density at radius 3 is 3.00 bits per heavy atom. The van der Waals surface area contributed by atoms with Crippen LogP contribution >= 0.6 is 0 Å². The van der Waals surface area contributed by atoms with E-state index in [2.05, 4.69) is 26.6 Å². The van der Waals surface area contributed by atoms with Crippen molar-refractivity contribution in [2.75, 3.05) is 13.1 Å². The van der Waals surface area contributed by atoms with Gasteiger partial charge in [-0.05, 0) is 44.0 Å². The second-order valence-corrected chi connectivity index (χ2v) is 6.48. The van der Waals surface area contributed by atoms with Crippen LogP contribution in [0.5, 0.6) is 0 Å². The molecule has 1 aliphatic heterocycles. The molecule has 3 aromatic rings. The molecule has 24 heavy (non-hydrogen) atoms. The van der Waals surface area contributed by atoms with Gasteiger partial charge < -0.3 is 4.90 Å². The van der Waals surface area contributed by atoms with Crippen molar-refractivity contribution in [1.29, 1.82) is 0 Å². The monoisotopic (exact) mass is 324 g/mol. The number of fused-ring (bicyclic) bond motifs is 1. The van der Waals surface area contributed by atoms with Gasteiger partial charge >= 0.3 is 0 Å². The van der Waals surface area contributed by atoms with Crippen LogP contribution in [-0.4, -0.2) is 49.1 Å². The summed E-state index contributed by atoms with van der Waals surface area (Å²) in [6.45, 7) is 3.50. The third-order valence-electron chi connectivity index (χ3n) is 4.71. The van der Waals surface area contributed by atoms with Crippen molar-refractivity contribution < 1.29 is 4.79 Å². The highest BCUT2D eigenvalue weighted by Gasteiger charge is 2.27. The van der Waals surface area contributed by atoms with E-state index < -0.39 is 0 Å². The fourth-order valence-electron chi connectivity index (χ4n) is 3.41. The van der Waals surface area contributed by atoms with Gasteiger partial charge in [0.15, 0.2) is 0 Å². The molecule has 1 aliphatic rings. The summed E-state index contributed by atoms with van der Waals surface area (Å²) in [5, 5.41) is 15.5. The number of aryl methyl sites for hydroxylation is 2. The van der Waals surface area contributed by atoms with Crippen molar-refractivity contribution in [2.24, 2.45) is 7.05 Å². The topological polar surface area (TPSA) is 79.7 Å². The van der Waals surface area contributed by atoms with Gasteiger partial charge in [-0.2, -0.15) is 5.10 Å². The smallest absolute Gasteiger partial charge is 0.253 e. The fraction of sp³-hybridized carbons (Fsp3) is 0.412. The first-order valence-corrected chi connectivity index (χ1v) is 8.22. The van der Waals surface area contributed by atoms with Crippen LogP contribution in [0.2, 0.25) is 0 Å². The van der Waals surface area contributed by atoms with Crippen LogP contribution in [-0.2, 0) is 7.05 Å². The quantitative estimate of drug-likeness (QED) is 0.782. The Morgan fingerprint density at radius 1 is 1.33 bits per heavy atom. The largest absolute Gasteiger partial charge is 0.338 e. The van der Waals surface area contributed by atoms with E-state index in [9.17, 15) is 4.79 Å². The number of nitrogens with zero attached hydrogens (tertiary/aromatic N) is 5. The van der Waals surface area contributed by atoms with E-state index in [4.69, 9.17) is 0 Å². The summed E-state index contributed by atoms with van der Waals surface area (Å²) >= 11 is 0. The Hall–Kier alpha value is -2.70. The van der Waals surface area contributed by atoms with Crippen LogP contribution in [0.15, 0.2) is 24.3 Å². The number of carbonyl (C=O) groups excluding carboxylic acids is 1. The number of benzene rings is 1. The Labute approximate surface area is 139 Å². The van der Waals surface area contributed by atoms with Gasteiger partial charge in [0, 0.05) is 37.3 Å². The number of amides is 1. The Kier molecular flexibility index (Phi) is 3.55. The molecule has 124 valence electrons. The molecule has 0 radical (unpaired) electrons. The van der Waals surface area contributed by atoms with Crippen LogP contribution in [0.25, 0.3) is 11.0 Å². The number of likely N-dealkylation sites (tertiary alicyclic amines) is 1. The van der Waals surface area contributed by atoms with Crippen molar-refractivity contribution in [2.45, 2.75) is 25.7 Å². The highest BCUT2D eigenvalue weighted by atomic mass is 16.2. The molecule has 3 heterocycles. The third-order valence-corrected chi connectivity index (χ3v) is 4.71. The molecule has 0 aliphatic carbocycles. The maximum absolute atomic E-state index is 12.9. The van der Waals surface area contributed by atoms with Gasteiger partial charge in [0.05, 0.1) is 11.2 Å². The van der Waals surface area contributed by atoms with Crippen LogP contribution < -0.4 is 0 Å². The summed E-state index contributed by atoms with van der Waals surface area (Å²) in [6.07, 6.45) is 2.06. The van der Waals surface area contributed by atoms with Crippen molar-refractivity contribution >= 4 is 16.9 Å². The third kappa shape index (κ3) is 2.55. The molecule has 4 rings (SSSR count). The number of piperidine rings is 1. The Bertz CT molecular complexity index is 896. The minimum Gasteiger partial charge on any atom is -0.338 e. The summed E-state index contributed by atoms with van der Waals surface area (Å²) < 4.78 is 1.71. The van der Waals surface area contributed by atoms with E-state index in [-0.39, 0.29) is 5.91 Å². The van der Waals surface area contributed by atoms with E-state index in [0.717, 1.165) is 41.8 Å². The zero-order valence-electron chi connectivity index (χ0n) is 13.9. The van der Waals surface area contributed by atoms with E-state index in [1.54, 1.807) is 4.68 Å². The van der Waals surface area contributed by atoms with Gasteiger partial charge in [0.25, 0.3) is 5.91 Å². The lowest BCUT2D eigenvalue weighted by molar-refractivity contribution is 0.0706. The number of hydrogen-bond acceptors (Lipinski definition) is 4. The lowest BCUT2D eigenvalue weighted by atomic mass is 9.94. The predicted molar refractivity (Wildman–Crippen MR) is 89.7 cm³/mol. The summed E-state index contributed by atoms with van der Waals surface area (Å²) in [5.74, 6) is 0.354. The van der Waals surface area contributed by atoms with Crippen LogP contribution in [0.1, 0.15) is 40.5 Å². The number of aromatic nitrogens is 5. The lowest BCUT2D eigenvalue weighted by Crippen LogP contribution is -2.39. The minimum absolute atomic E-state index is 0.0551. The molecule has 1 atom stereocenters. The van der Waals surface area contributed by atoms with Crippen molar-refractivity contribution in [3.8, 4) is 0 Å². The average molecular weight is 324 g/mol. The number of hydrogen-bond donors (Lipinski definition) is 1. The highest BCUT2D eigenvalue weighted by Crippen LogP contribution is 2.27. The highest BCUT2D eigenvalue weighted by molar-refractivity contribution is 5.97. The summed E-state index contributed by atoms with van der Waals surface area (Å²) in [7, 11) is 1.85. The molecule has 7 heteroatoms. The first-order chi connectivity index (χ1) is 11.6. The van der Waals surface area contributed by atoms with Gasteiger partial charge in [0.2, 0.25) is 0 Å². The molecule has 0 unspecified atom stereocenters. The van der Waals surface area contributed by atoms with Gasteiger partial charge in [-0.3, -0.25) is 9.89 Å². The molecule has 7 nitrogen and oxygen atoms in total. The fourth-order valence-corrected chi connectivity index (χ4v) is 3.41. The molecule has 0 spiro atoms. The Balaban J connectivity index is 1.56. The normalized spacial score (nSPS) is 18.2.